The summed E-state index contributed by atoms with van der Waals surface area (Å²) in [5.74, 6) is 1.30. The van der Waals surface area contributed by atoms with Crippen molar-refractivity contribution in [1.29, 1.82) is 0 Å². The number of halogens is 2. The van der Waals surface area contributed by atoms with Gasteiger partial charge in [-0.25, -0.2) is 13.6 Å². The molecule has 8 heteroatoms. The number of benzene rings is 1. The highest BCUT2D eigenvalue weighted by Gasteiger charge is 2.40. The first-order chi connectivity index (χ1) is 19.1. The molecule has 42 heavy (non-hydrogen) atoms. The molecule has 0 bridgehead atoms. The Kier molecular flexibility index (Phi) is 14.0. The van der Waals surface area contributed by atoms with E-state index >= 15 is 0 Å². The van der Waals surface area contributed by atoms with E-state index in [1.165, 1.54) is 14.0 Å². The van der Waals surface area contributed by atoms with Gasteiger partial charge in [0.1, 0.15) is 11.5 Å². The molecule has 0 aliphatic rings. The number of ether oxygens (including phenoxy) is 1. The van der Waals surface area contributed by atoms with Crippen molar-refractivity contribution in [1.82, 2.24) is 0 Å². The van der Waals surface area contributed by atoms with Crippen molar-refractivity contribution in [2.75, 3.05) is 7.11 Å². The number of carbonyl (C=O) groups excluding carboxylic acids is 1. The van der Waals surface area contributed by atoms with Crippen molar-refractivity contribution in [3.63, 3.8) is 0 Å². The molecule has 0 fully saturated rings. The molecule has 0 aliphatic heterocycles. The van der Waals surface area contributed by atoms with Gasteiger partial charge in [-0.2, -0.15) is 0 Å². The van der Waals surface area contributed by atoms with Crippen molar-refractivity contribution in [3.8, 4) is 11.5 Å². The topological polar surface area (TPSA) is 44.8 Å². The van der Waals surface area contributed by atoms with Crippen LogP contribution in [0.15, 0.2) is 53.1 Å². The van der Waals surface area contributed by atoms with Crippen molar-refractivity contribution in [2.45, 2.75) is 130 Å². The summed E-state index contributed by atoms with van der Waals surface area (Å²) in [6, 6.07) is 6.08. The fourth-order valence-electron chi connectivity index (χ4n) is 3.60. The Morgan fingerprint density at radius 1 is 0.857 bits per heavy atom. The minimum Gasteiger partial charge on any atom is -0.543 e. The highest BCUT2D eigenvalue weighted by atomic mass is 28.4. The second-order valence-electron chi connectivity index (χ2n) is 14.3. The minimum absolute atomic E-state index is 0.0335. The van der Waals surface area contributed by atoms with Crippen LogP contribution in [-0.2, 0) is 16.0 Å². The molecule has 1 aromatic rings. The van der Waals surface area contributed by atoms with Crippen molar-refractivity contribution in [3.05, 3.63) is 58.7 Å². The summed E-state index contributed by atoms with van der Waals surface area (Å²) in [6.45, 7) is 25.7. The van der Waals surface area contributed by atoms with Gasteiger partial charge in [0.2, 0.25) is 16.6 Å². The first-order valence-corrected chi connectivity index (χ1v) is 20.8. The maximum atomic E-state index is 12.7. The number of esters is 1. The van der Waals surface area contributed by atoms with Crippen molar-refractivity contribution in [2.24, 2.45) is 0 Å². The van der Waals surface area contributed by atoms with Gasteiger partial charge >= 0.3 is 5.97 Å². The summed E-state index contributed by atoms with van der Waals surface area (Å²) in [5.41, 5.74) is 2.79. The zero-order valence-corrected chi connectivity index (χ0v) is 30.5. The summed E-state index contributed by atoms with van der Waals surface area (Å²) in [7, 11) is -2.77. The van der Waals surface area contributed by atoms with E-state index in [9.17, 15) is 13.6 Å². The number of rotatable bonds is 14. The molecule has 0 amide bonds. The molecule has 4 nitrogen and oxygen atoms in total. The van der Waals surface area contributed by atoms with Crippen LogP contribution >= 0.6 is 0 Å². The number of hydrogen-bond donors (Lipinski definition) is 0. The van der Waals surface area contributed by atoms with E-state index in [2.05, 4.69) is 79.9 Å². The molecule has 0 unspecified atom stereocenters. The Balaban J connectivity index is 3.29. The zero-order valence-electron chi connectivity index (χ0n) is 28.5. The fraction of sp³-hybridized carbons (Fsp3) is 0.618. The molecule has 0 saturated heterocycles. The lowest BCUT2D eigenvalue weighted by atomic mass is 10.0. The van der Waals surface area contributed by atoms with Crippen LogP contribution in [-0.4, -0.2) is 36.1 Å². The molecule has 1 rings (SSSR count). The van der Waals surface area contributed by atoms with Gasteiger partial charge in [-0.3, -0.25) is 0 Å². The summed E-state index contributed by atoms with van der Waals surface area (Å²) in [4.78, 5) is 12.7. The third-order valence-corrected chi connectivity index (χ3v) is 17.4. The van der Waals surface area contributed by atoms with Crippen molar-refractivity contribution < 1.29 is 27.2 Å². The van der Waals surface area contributed by atoms with Gasteiger partial charge in [0, 0.05) is 11.1 Å². The van der Waals surface area contributed by atoms with Crippen LogP contribution in [0.4, 0.5) is 8.78 Å². The average Bonchev–Trinajstić information content (AvgIpc) is 2.85. The Morgan fingerprint density at radius 2 is 1.40 bits per heavy atom. The summed E-state index contributed by atoms with van der Waals surface area (Å²) in [5, 5.41) is 0.0941. The van der Waals surface area contributed by atoms with Gasteiger partial charge in [-0.05, 0) is 106 Å². The van der Waals surface area contributed by atoms with E-state index in [0.29, 0.717) is 37.7 Å². The second kappa shape index (κ2) is 15.5. The molecule has 238 valence electrons. The van der Waals surface area contributed by atoms with E-state index in [4.69, 9.17) is 13.6 Å². The number of hydrogen-bond acceptors (Lipinski definition) is 4. The number of methoxy groups -OCH3 is 1. The second-order valence-corrected chi connectivity index (χ2v) is 23.7. The Labute approximate surface area is 256 Å². The van der Waals surface area contributed by atoms with E-state index in [0.717, 1.165) is 22.6 Å². The van der Waals surface area contributed by atoms with Crippen LogP contribution < -0.4 is 8.85 Å². The molecule has 1 aromatic carbocycles. The molecular weight excluding hydrogens is 567 g/mol. The smallest absolute Gasteiger partial charge is 0.333 e. The van der Waals surface area contributed by atoms with Crippen LogP contribution in [0.2, 0.25) is 36.3 Å². The van der Waals surface area contributed by atoms with Crippen LogP contribution in [0.25, 0.3) is 0 Å². The fourth-order valence-corrected chi connectivity index (χ4v) is 5.68. The Morgan fingerprint density at radius 3 is 1.93 bits per heavy atom. The van der Waals surface area contributed by atoms with Gasteiger partial charge in [0.05, 0.1) is 7.11 Å². The van der Waals surface area contributed by atoms with E-state index < -0.39 is 23.1 Å². The summed E-state index contributed by atoms with van der Waals surface area (Å²) < 4.78 is 43.9. The minimum atomic E-state index is -2.41. The summed E-state index contributed by atoms with van der Waals surface area (Å²) in [6.07, 6.45) is 6.15. The molecule has 0 spiro atoms. The SMILES string of the molecule is COC(=O)C(=CCc1cc(O[Si](C)(C)C(C)(C)C)ccc1O[Si](C)(C)C(C)(C)C)CC/C=C(\C)CC/C=C(\C)C(F)F. The number of carbonyl (C=O) groups is 1. The monoisotopic (exact) mass is 622 g/mol. The lowest BCUT2D eigenvalue weighted by molar-refractivity contribution is -0.136. The van der Waals surface area contributed by atoms with Crippen molar-refractivity contribution >= 4 is 22.6 Å². The first-order valence-electron chi connectivity index (χ1n) is 15.0. The molecule has 0 aliphatic carbocycles. The predicted molar refractivity (Wildman–Crippen MR) is 178 cm³/mol. The van der Waals surface area contributed by atoms with Crippen LogP contribution in [0.3, 0.4) is 0 Å². The third kappa shape index (κ3) is 11.8. The van der Waals surface area contributed by atoms with E-state index in [1.807, 2.05) is 25.1 Å². The largest absolute Gasteiger partial charge is 0.543 e. The maximum Gasteiger partial charge on any atom is 0.333 e. The normalized spacial score (nSPS) is 14.3. The first kappa shape index (κ1) is 37.8. The molecule has 0 radical (unpaired) electrons. The average molecular weight is 623 g/mol. The molecule has 0 heterocycles. The van der Waals surface area contributed by atoms with Gasteiger partial charge in [0.15, 0.2) is 0 Å². The molecular formula is C34H56F2O4Si2. The Bertz CT molecular complexity index is 1140. The highest BCUT2D eigenvalue weighted by Crippen LogP contribution is 2.41. The Hall–Kier alpha value is -2.20. The number of alkyl halides is 2. The lowest BCUT2D eigenvalue weighted by Gasteiger charge is -2.38. The molecule has 0 atom stereocenters. The van der Waals surface area contributed by atoms with Crippen LogP contribution in [0.1, 0.15) is 86.6 Å². The quantitative estimate of drug-likeness (QED) is 0.0896. The van der Waals surface area contributed by atoms with Gasteiger partial charge < -0.3 is 13.6 Å². The standard InChI is InChI=1S/C34H56F2O4Si2/c1-25(16-14-18-26(2)31(35)36)17-15-19-27(32(37)38-9)20-21-28-24-29(39-41(10,11)33(3,4)5)22-23-30(28)40-42(12,13)34(6,7)8/h17-18,20,22-24,31H,14-16,19,21H2,1-13H3/b25-17+,26-18+,27-20?. The lowest BCUT2D eigenvalue weighted by Crippen LogP contribution is -2.44. The molecule has 0 saturated carbocycles. The summed E-state index contributed by atoms with van der Waals surface area (Å²) >= 11 is 0. The maximum absolute atomic E-state index is 12.7. The van der Waals surface area contributed by atoms with Gasteiger partial charge in [-0.1, -0.05) is 65.3 Å². The molecule has 0 aromatic heterocycles. The van der Waals surface area contributed by atoms with Crippen LogP contribution in [0.5, 0.6) is 11.5 Å². The van der Waals surface area contributed by atoms with Gasteiger partial charge in [-0.15, -0.1) is 0 Å². The van der Waals surface area contributed by atoms with E-state index in [1.54, 1.807) is 6.08 Å². The number of allylic oxidation sites excluding steroid dienone is 5. The van der Waals surface area contributed by atoms with Crippen LogP contribution in [0, 0.1) is 0 Å². The molecule has 0 N–H and O–H groups in total. The van der Waals surface area contributed by atoms with Gasteiger partial charge in [0.25, 0.3) is 6.43 Å². The third-order valence-electron chi connectivity index (χ3n) is 8.65. The van der Waals surface area contributed by atoms with E-state index in [-0.39, 0.29) is 21.6 Å². The predicted octanol–water partition coefficient (Wildman–Crippen LogP) is 10.8. The highest BCUT2D eigenvalue weighted by molar-refractivity contribution is 6.75. The zero-order chi connectivity index (χ0) is 32.5.